The van der Waals surface area contributed by atoms with Crippen molar-refractivity contribution in [1.82, 2.24) is 5.32 Å². The van der Waals surface area contributed by atoms with Crippen LogP contribution in [-0.4, -0.2) is 33.1 Å². The Balaban J connectivity index is 1.81. The van der Waals surface area contributed by atoms with Crippen molar-refractivity contribution in [3.8, 4) is 17.2 Å². The van der Waals surface area contributed by atoms with Crippen LogP contribution in [0.3, 0.4) is 0 Å². The number of benzene rings is 2. The SMILES string of the molecule is COc1ccc(/C=C\C(=O)NC(=O)c2cc3c(OC)cc(OC)cc3oc2=O)cc1. The summed E-state index contributed by atoms with van der Waals surface area (Å²) < 4.78 is 20.7. The van der Waals surface area contributed by atoms with Crippen molar-refractivity contribution in [2.24, 2.45) is 0 Å². The van der Waals surface area contributed by atoms with E-state index in [1.807, 2.05) is 0 Å². The Bertz CT molecular complexity index is 1180. The lowest BCUT2D eigenvalue weighted by Crippen LogP contribution is -2.32. The average Bonchev–Trinajstić information content (AvgIpc) is 2.76. The number of ether oxygens (including phenoxy) is 3. The van der Waals surface area contributed by atoms with Gasteiger partial charge in [0.2, 0.25) is 0 Å². The lowest BCUT2D eigenvalue weighted by Gasteiger charge is -2.08. The highest BCUT2D eigenvalue weighted by molar-refractivity contribution is 6.09. The Morgan fingerprint density at radius 1 is 0.933 bits per heavy atom. The molecular weight excluding hydrogens is 390 g/mol. The molecule has 154 valence electrons. The highest BCUT2D eigenvalue weighted by Crippen LogP contribution is 2.30. The largest absolute Gasteiger partial charge is 0.497 e. The van der Waals surface area contributed by atoms with Gasteiger partial charge in [-0.25, -0.2) is 4.79 Å². The third-order valence-corrected chi connectivity index (χ3v) is 4.27. The van der Waals surface area contributed by atoms with Gasteiger partial charge in [-0.3, -0.25) is 14.9 Å². The van der Waals surface area contributed by atoms with Crippen LogP contribution in [0.2, 0.25) is 0 Å². The molecule has 1 aromatic heterocycles. The summed E-state index contributed by atoms with van der Waals surface area (Å²) in [6.07, 6.45) is 2.72. The second-order valence-electron chi connectivity index (χ2n) is 6.11. The molecule has 0 aliphatic heterocycles. The number of rotatable bonds is 6. The predicted molar refractivity (Wildman–Crippen MR) is 110 cm³/mol. The molecule has 8 heteroatoms. The van der Waals surface area contributed by atoms with Gasteiger partial charge < -0.3 is 18.6 Å². The van der Waals surface area contributed by atoms with E-state index in [0.29, 0.717) is 22.6 Å². The molecule has 2 amide bonds. The molecule has 0 fully saturated rings. The van der Waals surface area contributed by atoms with E-state index in [1.165, 1.54) is 38.5 Å². The van der Waals surface area contributed by atoms with Crippen LogP contribution in [0.4, 0.5) is 0 Å². The fourth-order valence-corrected chi connectivity index (χ4v) is 2.71. The average molecular weight is 409 g/mol. The van der Waals surface area contributed by atoms with Crippen LogP contribution in [0.1, 0.15) is 15.9 Å². The van der Waals surface area contributed by atoms with Gasteiger partial charge in [0.05, 0.1) is 26.7 Å². The van der Waals surface area contributed by atoms with Crippen LogP contribution in [0.5, 0.6) is 17.2 Å². The highest BCUT2D eigenvalue weighted by atomic mass is 16.5. The number of fused-ring (bicyclic) bond motifs is 1. The zero-order valence-electron chi connectivity index (χ0n) is 16.6. The van der Waals surface area contributed by atoms with Crippen LogP contribution >= 0.6 is 0 Å². The lowest BCUT2D eigenvalue weighted by molar-refractivity contribution is -0.115. The van der Waals surface area contributed by atoms with Gasteiger partial charge in [0.25, 0.3) is 11.8 Å². The first-order valence-electron chi connectivity index (χ1n) is 8.82. The first kappa shape index (κ1) is 20.7. The zero-order valence-corrected chi connectivity index (χ0v) is 16.6. The van der Waals surface area contributed by atoms with Crippen LogP contribution in [0.15, 0.2) is 57.8 Å². The van der Waals surface area contributed by atoms with Gasteiger partial charge in [-0.1, -0.05) is 12.1 Å². The summed E-state index contributed by atoms with van der Waals surface area (Å²) in [5.41, 5.74) is -0.278. The van der Waals surface area contributed by atoms with E-state index in [1.54, 1.807) is 37.4 Å². The van der Waals surface area contributed by atoms with Crippen LogP contribution in [-0.2, 0) is 4.79 Å². The summed E-state index contributed by atoms with van der Waals surface area (Å²) >= 11 is 0. The minimum atomic E-state index is -0.887. The van der Waals surface area contributed by atoms with Gasteiger partial charge in [0.15, 0.2) is 0 Å². The summed E-state index contributed by atoms with van der Waals surface area (Å²) in [5, 5.41) is 2.53. The van der Waals surface area contributed by atoms with Crippen molar-refractivity contribution in [2.75, 3.05) is 21.3 Å². The van der Waals surface area contributed by atoms with Crippen molar-refractivity contribution < 1.29 is 28.2 Å². The third-order valence-electron chi connectivity index (χ3n) is 4.27. The minimum Gasteiger partial charge on any atom is -0.497 e. The monoisotopic (exact) mass is 409 g/mol. The molecule has 30 heavy (non-hydrogen) atoms. The Morgan fingerprint density at radius 3 is 2.27 bits per heavy atom. The number of methoxy groups -OCH3 is 3. The van der Waals surface area contributed by atoms with Gasteiger partial charge in [-0.05, 0) is 29.8 Å². The molecule has 1 heterocycles. The molecule has 0 radical (unpaired) electrons. The number of amides is 2. The number of carbonyl (C=O) groups excluding carboxylic acids is 2. The standard InChI is InChI=1S/C22H19NO7/c1-27-14-7-4-13(5-8-14)6-9-20(24)23-21(25)17-12-16-18(29-3)10-15(28-2)11-19(16)30-22(17)26/h4-12H,1-3H3,(H,23,24,25)/b9-6-. The van der Waals surface area contributed by atoms with Crippen molar-refractivity contribution in [3.63, 3.8) is 0 Å². The van der Waals surface area contributed by atoms with E-state index >= 15 is 0 Å². The molecule has 0 bridgehead atoms. The quantitative estimate of drug-likeness (QED) is 0.493. The van der Waals surface area contributed by atoms with Crippen molar-refractivity contribution in [1.29, 1.82) is 0 Å². The molecule has 0 saturated heterocycles. The molecule has 0 saturated carbocycles. The van der Waals surface area contributed by atoms with Crippen LogP contribution in [0.25, 0.3) is 17.0 Å². The topological polar surface area (TPSA) is 104 Å². The maximum atomic E-state index is 12.4. The summed E-state index contributed by atoms with van der Waals surface area (Å²) in [7, 11) is 4.46. The molecule has 0 atom stereocenters. The second-order valence-corrected chi connectivity index (χ2v) is 6.11. The maximum Gasteiger partial charge on any atom is 0.349 e. The molecule has 3 aromatic rings. The molecule has 3 rings (SSSR count). The van der Waals surface area contributed by atoms with E-state index in [9.17, 15) is 14.4 Å². The number of imide groups is 1. The molecule has 0 aliphatic carbocycles. The van der Waals surface area contributed by atoms with Gasteiger partial charge >= 0.3 is 5.63 Å². The second kappa shape index (κ2) is 8.95. The van der Waals surface area contributed by atoms with Crippen molar-refractivity contribution in [2.45, 2.75) is 0 Å². The van der Waals surface area contributed by atoms with Crippen molar-refractivity contribution >= 4 is 28.9 Å². The third kappa shape index (κ3) is 4.49. The molecular formula is C22H19NO7. The molecule has 8 nitrogen and oxygen atoms in total. The van der Waals surface area contributed by atoms with Gasteiger partial charge in [-0.2, -0.15) is 0 Å². The zero-order chi connectivity index (χ0) is 21.7. The fraction of sp³-hybridized carbons (Fsp3) is 0.136. The van der Waals surface area contributed by atoms with Gasteiger partial charge in [0, 0.05) is 18.2 Å². The summed E-state index contributed by atoms with van der Waals surface area (Å²) in [4.78, 5) is 36.8. The first-order chi connectivity index (χ1) is 14.4. The Kier molecular flexibility index (Phi) is 6.17. The predicted octanol–water partition coefficient (Wildman–Crippen LogP) is 2.79. The first-order valence-corrected chi connectivity index (χ1v) is 8.82. The van der Waals surface area contributed by atoms with Crippen LogP contribution in [0, 0.1) is 0 Å². The Hall–Kier alpha value is -4.07. The van der Waals surface area contributed by atoms with E-state index in [2.05, 4.69) is 5.32 Å². The van der Waals surface area contributed by atoms with E-state index in [-0.39, 0.29) is 11.1 Å². The van der Waals surface area contributed by atoms with Crippen molar-refractivity contribution in [3.05, 3.63) is 70.1 Å². The van der Waals surface area contributed by atoms with Gasteiger partial charge in [-0.15, -0.1) is 0 Å². The Labute approximate surface area is 171 Å². The van der Waals surface area contributed by atoms with Gasteiger partial charge in [0.1, 0.15) is 28.4 Å². The highest BCUT2D eigenvalue weighted by Gasteiger charge is 2.18. The van der Waals surface area contributed by atoms with Crippen LogP contribution < -0.4 is 25.2 Å². The van der Waals surface area contributed by atoms with E-state index in [0.717, 1.165) is 5.56 Å². The normalized spacial score (nSPS) is 10.8. The Morgan fingerprint density at radius 2 is 1.63 bits per heavy atom. The number of hydrogen-bond donors (Lipinski definition) is 1. The molecule has 0 unspecified atom stereocenters. The minimum absolute atomic E-state index is 0.193. The van der Waals surface area contributed by atoms with E-state index < -0.39 is 17.4 Å². The summed E-state index contributed by atoms with van der Waals surface area (Å²) in [6, 6.07) is 11.4. The number of hydrogen-bond acceptors (Lipinski definition) is 7. The fourth-order valence-electron chi connectivity index (χ4n) is 2.71. The smallest absolute Gasteiger partial charge is 0.349 e. The summed E-state index contributed by atoms with van der Waals surface area (Å²) in [5.74, 6) is -0.0980. The summed E-state index contributed by atoms with van der Waals surface area (Å²) in [6.45, 7) is 0. The molecule has 0 aliphatic rings. The van der Waals surface area contributed by atoms with E-state index in [4.69, 9.17) is 18.6 Å². The lowest BCUT2D eigenvalue weighted by atomic mass is 10.1. The number of carbonyl (C=O) groups is 2. The number of nitrogens with one attached hydrogen (secondary N) is 1. The molecule has 1 N–H and O–H groups in total. The maximum absolute atomic E-state index is 12.4. The molecule has 2 aromatic carbocycles. The molecule has 0 spiro atoms.